The molecule has 0 bridgehead atoms. The lowest BCUT2D eigenvalue weighted by atomic mass is 9.99. The number of nitrogens with zero attached hydrogens (tertiary/aromatic N) is 2. The number of nitrogens with one attached hydrogen (secondary N) is 2. The van der Waals surface area contributed by atoms with Gasteiger partial charge >= 0.3 is 0 Å². The van der Waals surface area contributed by atoms with E-state index in [0.29, 0.717) is 12.2 Å². The molecule has 1 heterocycles. The third-order valence-electron chi connectivity index (χ3n) is 4.00. The number of hydrogen-bond donors (Lipinski definition) is 2. The second-order valence-electron chi connectivity index (χ2n) is 6.73. The molecule has 1 aliphatic rings. The van der Waals surface area contributed by atoms with E-state index in [-0.39, 0.29) is 23.7 Å². The molecule has 0 saturated heterocycles. The largest absolute Gasteiger partial charge is 0.377 e. The van der Waals surface area contributed by atoms with Gasteiger partial charge in [0.15, 0.2) is 0 Å². The van der Waals surface area contributed by atoms with E-state index in [1.165, 1.54) is 24.3 Å². The van der Waals surface area contributed by atoms with Crippen molar-refractivity contribution < 1.29 is 9.72 Å². The van der Waals surface area contributed by atoms with Crippen molar-refractivity contribution >= 4 is 28.7 Å². The molecule has 0 saturated carbocycles. The van der Waals surface area contributed by atoms with E-state index in [0.717, 1.165) is 11.4 Å². The lowest BCUT2D eigenvalue weighted by Gasteiger charge is -2.41. The normalized spacial score (nSPS) is 15.0. The van der Waals surface area contributed by atoms with Crippen LogP contribution in [0.5, 0.6) is 0 Å². The maximum atomic E-state index is 12.4. The molecule has 3 rings (SSSR count). The van der Waals surface area contributed by atoms with Gasteiger partial charge in [0, 0.05) is 29.9 Å². The fourth-order valence-electron chi connectivity index (χ4n) is 3.00. The lowest BCUT2D eigenvalue weighted by Crippen LogP contribution is -2.50. The number of carbonyl (C=O) groups is 1. The maximum absolute atomic E-state index is 12.4. The molecule has 2 aromatic carbocycles. The van der Waals surface area contributed by atoms with Crippen molar-refractivity contribution in [2.75, 3.05) is 28.6 Å². The highest BCUT2D eigenvalue weighted by molar-refractivity contribution is 5.95. The number of amides is 1. The van der Waals surface area contributed by atoms with E-state index in [4.69, 9.17) is 0 Å². The Balaban J connectivity index is 1.71. The summed E-state index contributed by atoms with van der Waals surface area (Å²) in [5, 5.41) is 16.9. The van der Waals surface area contributed by atoms with Gasteiger partial charge in [0.2, 0.25) is 5.91 Å². The van der Waals surface area contributed by atoms with Crippen LogP contribution in [0.3, 0.4) is 0 Å². The minimum Gasteiger partial charge on any atom is -0.377 e. The Bertz CT molecular complexity index is 802. The Morgan fingerprint density at radius 3 is 2.60 bits per heavy atom. The van der Waals surface area contributed by atoms with Gasteiger partial charge in [-0.2, -0.15) is 0 Å². The minimum atomic E-state index is -0.467. The zero-order valence-electron chi connectivity index (χ0n) is 14.2. The number of carbonyl (C=O) groups excluding carboxylic acids is 1. The molecule has 7 heteroatoms. The van der Waals surface area contributed by atoms with E-state index in [1.54, 1.807) is 0 Å². The monoisotopic (exact) mass is 340 g/mol. The van der Waals surface area contributed by atoms with Gasteiger partial charge in [0.1, 0.15) is 0 Å². The SMILES string of the molecule is CC1(C)CN(CC(=O)Nc2ccc([N+](=O)[O-])cc2)c2ccccc2N1. The molecule has 0 spiro atoms. The Morgan fingerprint density at radius 1 is 1.24 bits per heavy atom. The first-order chi connectivity index (χ1) is 11.8. The van der Waals surface area contributed by atoms with E-state index < -0.39 is 4.92 Å². The summed E-state index contributed by atoms with van der Waals surface area (Å²) in [5.74, 6) is -0.165. The number of fused-ring (bicyclic) bond motifs is 1. The van der Waals surface area contributed by atoms with E-state index in [1.807, 2.05) is 29.2 Å². The molecule has 0 fully saturated rings. The predicted octanol–water partition coefficient (Wildman–Crippen LogP) is 3.24. The van der Waals surface area contributed by atoms with Gasteiger partial charge in [-0.1, -0.05) is 12.1 Å². The summed E-state index contributed by atoms with van der Waals surface area (Å²) in [4.78, 5) is 24.7. The van der Waals surface area contributed by atoms with Gasteiger partial charge in [-0.25, -0.2) is 0 Å². The van der Waals surface area contributed by atoms with Crippen molar-refractivity contribution in [3.63, 3.8) is 0 Å². The van der Waals surface area contributed by atoms with Crippen LogP contribution < -0.4 is 15.5 Å². The topological polar surface area (TPSA) is 87.5 Å². The molecule has 0 aliphatic carbocycles. The van der Waals surface area contributed by atoms with Crippen LogP contribution in [0.25, 0.3) is 0 Å². The number of nitro groups is 1. The van der Waals surface area contributed by atoms with Crippen molar-refractivity contribution in [3.8, 4) is 0 Å². The number of rotatable bonds is 4. The average Bonchev–Trinajstić information content (AvgIpc) is 2.54. The first kappa shape index (κ1) is 16.8. The molecular formula is C18H20N4O3. The van der Waals surface area contributed by atoms with Gasteiger partial charge in [-0.15, -0.1) is 0 Å². The second-order valence-corrected chi connectivity index (χ2v) is 6.73. The Labute approximate surface area is 145 Å². The quantitative estimate of drug-likeness (QED) is 0.659. The van der Waals surface area contributed by atoms with Crippen molar-refractivity contribution in [3.05, 3.63) is 58.6 Å². The number of non-ortho nitro benzene ring substituents is 1. The third-order valence-corrected chi connectivity index (χ3v) is 4.00. The number of nitro benzene ring substituents is 1. The zero-order chi connectivity index (χ0) is 18.0. The molecule has 1 aliphatic heterocycles. The molecule has 130 valence electrons. The van der Waals surface area contributed by atoms with Crippen molar-refractivity contribution in [1.82, 2.24) is 0 Å². The van der Waals surface area contributed by atoms with Crippen LogP contribution in [0.15, 0.2) is 48.5 Å². The van der Waals surface area contributed by atoms with Crippen LogP contribution in [0, 0.1) is 10.1 Å². The smallest absolute Gasteiger partial charge is 0.269 e. The molecule has 7 nitrogen and oxygen atoms in total. The average molecular weight is 340 g/mol. The lowest BCUT2D eigenvalue weighted by molar-refractivity contribution is -0.384. The molecule has 0 unspecified atom stereocenters. The highest BCUT2D eigenvalue weighted by atomic mass is 16.6. The van der Waals surface area contributed by atoms with E-state index in [2.05, 4.69) is 24.5 Å². The Kier molecular flexibility index (Phi) is 4.31. The predicted molar refractivity (Wildman–Crippen MR) is 98.1 cm³/mol. The van der Waals surface area contributed by atoms with Crippen LogP contribution in [0.4, 0.5) is 22.7 Å². The third kappa shape index (κ3) is 3.88. The summed E-state index contributed by atoms with van der Waals surface area (Å²) in [6.07, 6.45) is 0. The number of para-hydroxylation sites is 2. The fourth-order valence-corrected chi connectivity index (χ4v) is 3.00. The van der Waals surface area contributed by atoms with Gasteiger partial charge in [-0.05, 0) is 38.1 Å². The fraction of sp³-hybridized carbons (Fsp3) is 0.278. The summed E-state index contributed by atoms with van der Waals surface area (Å²) >= 11 is 0. The summed E-state index contributed by atoms with van der Waals surface area (Å²) in [6.45, 7) is 5.07. The summed E-state index contributed by atoms with van der Waals surface area (Å²) in [6, 6.07) is 13.7. The highest BCUT2D eigenvalue weighted by Crippen LogP contribution is 2.33. The van der Waals surface area contributed by atoms with E-state index >= 15 is 0 Å². The first-order valence-corrected chi connectivity index (χ1v) is 8.00. The molecule has 1 amide bonds. The van der Waals surface area contributed by atoms with Crippen LogP contribution in [0.2, 0.25) is 0 Å². The minimum absolute atomic E-state index is 0.00391. The first-order valence-electron chi connectivity index (χ1n) is 8.00. The summed E-state index contributed by atoms with van der Waals surface area (Å²) < 4.78 is 0. The second kappa shape index (κ2) is 6.43. The van der Waals surface area contributed by atoms with Crippen molar-refractivity contribution in [1.29, 1.82) is 0 Å². The van der Waals surface area contributed by atoms with Crippen LogP contribution in [-0.4, -0.2) is 29.5 Å². The maximum Gasteiger partial charge on any atom is 0.269 e. The molecule has 2 N–H and O–H groups in total. The Morgan fingerprint density at radius 2 is 1.92 bits per heavy atom. The highest BCUT2D eigenvalue weighted by Gasteiger charge is 2.30. The zero-order valence-corrected chi connectivity index (χ0v) is 14.2. The van der Waals surface area contributed by atoms with Crippen LogP contribution in [0.1, 0.15) is 13.8 Å². The number of benzene rings is 2. The van der Waals surface area contributed by atoms with Crippen molar-refractivity contribution in [2.45, 2.75) is 19.4 Å². The number of anilines is 3. The summed E-state index contributed by atoms with van der Waals surface area (Å²) in [7, 11) is 0. The van der Waals surface area contributed by atoms with Gasteiger partial charge < -0.3 is 15.5 Å². The molecule has 2 aromatic rings. The number of hydrogen-bond acceptors (Lipinski definition) is 5. The van der Waals surface area contributed by atoms with Crippen LogP contribution in [-0.2, 0) is 4.79 Å². The molecule has 0 radical (unpaired) electrons. The molecular weight excluding hydrogens is 320 g/mol. The van der Waals surface area contributed by atoms with Crippen LogP contribution >= 0.6 is 0 Å². The molecule has 0 atom stereocenters. The van der Waals surface area contributed by atoms with Gasteiger partial charge in [0.05, 0.1) is 22.8 Å². The molecule has 25 heavy (non-hydrogen) atoms. The summed E-state index contributed by atoms with van der Waals surface area (Å²) in [5.41, 5.74) is 2.37. The van der Waals surface area contributed by atoms with Gasteiger partial charge in [0.25, 0.3) is 5.69 Å². The van der Waals surface area contributed by atoms with Crippen molar-refractivity contribution in [2.24, 2.45) is 0 Å². The Hall–Kier alpha value is -3.09. The van der Waals surface area contributed by atoms with E-state index in [9.17, 15) is 14.9 Å². The van der Waals surface area contributed by atoms with Gasteiger partial charge in [-0.3, -0.25) is 14.9 Å². The molecule has 0 aromatic heterocycles. The standard InChI is InChI=1S/C18H20N4O3/c1-18(2)12-21(16-6-4-3-5-15(16)20-18)11-17(23)19-13-7-9-14(10-8-13)22(24)25/h3-10,20H,11-12H2,1-2H3,(H,19,23).